The molecule has 0 aliphatic carbocycles. The van der Waals surface area contributed by atoms with Gasteiger partial charge in [0.05, 0.1) is 5.92 Å². The Morgan fingerprint density at radius 1 is 1.42 bits per heavy atom. The zero-order valence-corrected chi connectivity index (χ0v) is 10.4. The van der Waals surface area contributed by atoms with Gasteiger partial charge in [-0.2, -0.15) is 0 Å². The lowest BCUT2D eigenvalue weighted by atomic mass is 9.90. The summed E-state index contributed by atoms with van der Waals surface area (Å²) in [5, 5.41) is 20.7. The number of nitrogens with zero attached hydrogens (tertiary/aromatic N) is 5. The standard InChI is InChI=1S/C12H13N5O2/c1-16-12(13-14-15-16)17-6-8-4-2-3-5-9(8)10(7-17)11(18)19/h2-5,10H,6-7H2,1H3,(H,18,19). The first-order valence-corrected chi connectivity index (χ1v) is 5.94. The molecule has 0 bridgehead atoms. The van der Waals surface area contributed by atoms with Crippen LogP contribution in [0.3, 0.4) is 0 Å². The number of rotatable bonds is 2. The minimum absolute atomic E-state index is 0.376. The molecular weight excluding hydrogens is 246 g/mol. The van der Waals surface area contributed by atoms with Crippen LogP contribution >= 0.6 is 0 Å². The van der Waals surface area contributed by atoms with Gasteiger partial charge in [0.1, 0.15) is 0 Å². The Balaban J connectivity index is 2.02. The molecule has 0 amide bonds. The highest BCUT2D eigenvalue weighted by Gasteiger charge is 2.31. The lowest BCUT2D eigenvalue weighted by Gasteiger charge is -2.32. The van der Waals surface area contributed by atoms with Crippen LogP contribution in [0.15, 0.2) is 24.3 Å². The highest BCUT2D eigenvalue weighted by Crippen LogP contribution is 2.30. The summed E-state index contributed by atoms with van der Waals surface area (Å²) in [5.74, 6) is -0.797. The first-order chi connectivity index (χ1) is 9.16. The Bertz CT molecular complexity index is 624. The zero-order valence-electron chi connectivity index (χ0n) is 10.4. The molecule has 2 aromatic rings. The summed E-state index contributed by atoms with van der Waals surface area (Å²) in [6.45, 7) is 0.995. The number of hydrogen-bond acceptors (Lipinski definition) is 5. The molecule has 0 saturated heterocycles. The molecule has 1 N–H and O–H groups in total. The van der Waals surface area contributed by atoms with Crippen molar-refractivity contribution in [1.29, 1.82) is 0 Å². The average molecular weight is 259 g/mol. The Morgan fingerprint density at radius 3 is 2.89 bits per heavy atom. The van der Waals surface area contributed by atoms with E-state index in [0.717, 1.165) is 11.1 Å². The topological polar surface area (TPSA) is 84.1 Å². The fourth-order valence-corrected chi connectivity index (χ4v) is 2.46. The fraction of sp³-hybridized carbons (Fsp3) is 0.333. The quantitative estimate of drug-likeness (QED) is 0.840. The minimum Gasteiger partial charge on any atom is -0.481 e. The van der Waals surface area contributed by atoms with Crippen molar-refractivity contribution in [2.45, 2.75) is 12.5 Å². The van der Waals surface area contributed by atoms with Gasteiger partial charge in [-0.25, -0.2) is 4.68 Å². The van der Waals surface area contributed by atoms with Gasteiger partial charge in [-0.05, 0) is 21.6 Å². The summed E-state index contributed by atoms with van der Waals surface area (Å²) < 4.78 is 1.55. The molecule has 1 aromatic carbocycles. The molecule has 3 rings (SSSR count). The van der Waals surface area contributed by atoms with Gasteiger partial charge < -0.3 is 10.0 Å². The molecule has 1 aliphatic rings. The zero-order chi connectivity index (χ0) is 13.4. The first kappa shape index (κ1) is 11.6. The van der Waals surface area contributed by atoms with Crippen LogP contribution in [0.5, 0.6) is 0 Å². The number of aryl methyl sites for hydroxylation is 1. The van der Waals surface area contributed by atoms with Gasteiger partial charge >= 0.3 is 5.97 Å². The van der Waals surface area contributed by atoms with E-state index in [4.69, 9.17) is 0 Å². The number of carboxylic acid groups (broad SMARTS) is 1. The summed E-state index contributed by atoms with van der Waals surface area (Å²) in [5.41, 5.74) is 1.88. The second kappa shape index (κ2) is 4.34. The Hall–Kier alpha value is -2.44. The first-order valence-electron chi connectivity index (χ1n) is 5.94. The highest BCUT2D eigenvalue weighted by molar-refractivity contribution is 5.78. The number of aromatic nitrogens is 4. The average Bonchev–Trinajstić information content (AvgIpc) is 2.83. The second-order valence-corrected chi connectivity index (χ2v) is 4.57. The lowest BCUT2D eigenvalue weighted by molar-refractivity contribution is -0.138. The number of fused-ring (bicyclic) bond motifs is 1. The van der Waals surface area contributed by atoms with Crippen LogP contribution in [0.4, 0.5) is 5.95 Å². The molecule has 98 valence electrons. The molecule has 1 unspecified atom stereocenters. The monoisotopic (exact) mass is 259 g/mol. The number of carboxylic acids is 1. The van der Waals surface area contributed by atoms with Crippen LogP contribution in [0, 0.1) is 0 Å². The minimum atomic E-state index is -0.827. The van der Waals surface area contributed by atoms with Gasteiger partial charge in [-0.3, -0.25) is 4.79 Å². The van der Waals surface area contributed by atoms with Gasteiger partial charge in [0.2, 0.25) is 5.95 Å². The number of benzene rings is 1. The Morgan fingerprint density at radius 2 is 2.21 bits per heavy atom. The number of aliphatic carboxylic acids is 1. The van der Waals surface area contributed by atoms with Crippen LogP contribution in [0.25, 0.3) is 0 Å². The van der Waals surface area contributed by atoms with Gasteiger partial charge in [0.15, 0.2) is 0 Å². The van der Waals surface area contributed by atoms with E-state index in [1.807, 2.05) is 29.2 Å². The van der Waals surface area contributed by atoms with Gasteiger partial charge in [-0.1, -0.05) is 29.4 Å². The van der Waals surface area contributed by atoms with Crippen molar-refractivity contribution in [1.82, 2.24) is 20.2 Å². The van der Waals surface area contributed by atoms with E-state index < -0.39 is 11.9 Å². The van der Waals surface area contributed by atoms with E-state index in [-0.39, 0.29) is 0 Å². The van der Waals surface area contributed by atoms with Crippen molar-refractivity contribution in [2.75, 3.05) is 11.4 Å². The molecule has 0 saturated carbocycles. The maximum atomic E-state index is 11.4. The number of tetrazole rings is 1. The van der Waals surface area contributed by atoms with Crippen molar-refractivity contribution >= 4 is 11.9 Å². The fourth-order valence-electron chi connectivity index (χ4n) is 2.46. The van der Waals surface area contributed by atoms with Gasteiger partial charge in [0, 0.05) is 20.1 Å². The van der Waals surface area contributed by atoms with Crippen LogP contribution in [-0.4, -0.2) is 37.8 Å². The molecule has 1 aromatic heterocycles. The largest absolute Gasteiger partial charge is 0.481 e. The van der Waals surface area contributed by atoms with Crippen LogP contribution in [0.1, 0.15) is 17.0 Å². The maximum Gasteiger partial charge on any atom is 0.312 e. The van der Waals surface area contributed by atoms with E-state index in [2.05, 4.69) is 15.5 Å². The number of carbonyl (C=O) groups is 1. The third-order valence-electron chi connectivity index (χ3n) is 3.37. The second-order valence-electron chi connectivity index (χ2n) is 4.57. The molecule has 0 radical (unpaired) electrons. The summed E-state index contributed by atoms with van der Waals surface area (Å²) in [6.07, 6.45) is 0. The lowest BCUT2D eigenvalue weighted by Crippen LogP contribution is -2.38. The summed E-state index contributed by atoms with van der Waals surface area (Å²) in [7, 11) is 1.74. The molecule has 1 aliphatic heterocycles. The third-order valence-corrected chi connectivity index (χ3v) is 3.37. The summed E-state index contributed by atoms with van der Waals surface area (Å²) in [6, 6.07) is 7.60. The number of hydrogen-bond donors (Lipinski definition) is 1. The van der Waals surface area contributed by atoms with Crippen molar-refractivity contribution in [3.8, 4) is 0 Å². The van der Waals surface area contributed by atoms with Crippen molar-refractivity contribution in [2.24, 2.45) is 7.05 Å². The molecule has 2 heterocycles. The van der Waals surface area contributed by atoms with E-state index >= 15 is 0 Å². The summed E-state index contributed by atoms with van der Waals surface area (Å²) in [4.78, 5) is 13.3. The van der Waals surface area contributed by atoms with Crippen LogP contribution in [-0.2, 0) is 18.4 Å². The van der Waals surface area contributed by atoms with E-state index in [0.29, 0.717) is 19.0 Å². The van der Waals surface area contributed by atoms with Crippen molar-refractivity contribution in [3.05, 3.63) is 35.4 Å². The third kappa shape index (κ3) is 1.92. The molecule has 1 atom stereocenters. The summed E-state index contributed by atoms with van der Waals surface area (Å²) >= 11 is 0. The molecule has 7 heteroatoms. The van der Waals surface area contributed by atoms with Crippen molar-refractivity contribution < 1.29 is 9.90 Å². The van der Waals surface area contributed by atoms with Gasteiger partial charge in [-0.15, -0.1) is 0 Å². The molecule has 7 nitrogen and oxygen atoms in total. The van der Waals surface area contributed by atoms with Crippen LogP contribution < -0.4 is 4.90 Å². The molecular formula is C12H13N5O2. The Kier molecular flexibility index (Phi) is 2.66. The predicted octanol–water partition coefficient (Wildman–Crippen LogP) is 0.398. The maximum absolute atomic E-state index is 11.4. The Labute approximate surface area is 109 Å². The normalized spacial score (nSPS) is 18.2. The van der Waals surface area contributed by atoms with E-state index in [1.165, 1.54) is 0 Å². The molecule has 0 spiro atoms. The highest BCUT2D eigenvalue weighted by atomic mass is 16.4. The molecule has 0 fully saturated rings. The van der Waals surface area contributed by atoms with Crippen molar-refractivity contribution in [3.63, 3.8) is 0 Å². The number of anilines is 1. The van der Waals surface area contributed by atoms with E-state index in [1.54, 1.807) is 11.7 Å². The predicted molar refractivity (Wildman–Crippen MR) is 66.7 cm³/mol. The van der Waals surface area contributed by atoms with Crippen LogP contribution in [0.2, 0.25) is 0 Å². The van der Waals surface area contributed by atoms with Gasteiger partial charge in [0.25, 0.3) is 0 Å². The van der Waals surface area contributed by atoms with E-state index in [9.17, 15) is 9.90 Å². The molecule has 19 heavy (non-hydrogen) atoms. The smallest absolute Gasteiger partial charge is 0.312 e. The SMILES string of the molecule is Cn1nnnc1N1Cc2ccccc2C(C(=O)O)C1.